The first-order chi connectivity index (χ1) is 9.36. The number of benzene rings is 1. The smallest absolute Gasteiger partial charge is 0.0139 e. The van der Waals surface area contributed by atoms with Gasteiger partial charge in [0.1, 0.15) is 0 Å². The Bertz CT molecular complexity index is 413. The van der Waals surface area contributed by atoms with Crippen LogP contribution in [0, 0.1) is 5.92 Å². The molecule has 2 unspecified atom stereocenters. The predicted octanol–water partition coefficient (Wildman–Crippen LogP) is 2.60. The molecule has 1 aliphatic carbocycles. The summed E-state index contributed by atoms with van der Waals surface area (Å²) in [5.41, 5.74) is 8.89. The van der Waals surface area contributed by atoms with Crippen LogP contribution in [0.25, 0.3) is 0 Å². The van der Waals surface area contributed by atoms with Crippen molar-refractivity contribution in [1.82, 2.24) is 4.90 Å². The van der Waals surface area contributed by atoms with Crippen LogP contribution < -0.4 is 5.73 Å². The number of nitrogens with two attached hydrogens (primary N) is 1. The molecular formula is C17H26N2. The van der Waals surface area contributed by atoms with Crippen molar-refractivity contribution < 1.29 is 0 Å². The fourth-order valence-corrected chi connectivity index (χ4v) is 3.89. The van der Waals surface area contributed by atoms with Crippen LogP contribution in [0.4, 0.5) is 0 Å². The summed E-state index contributed by atoms with van der Waals surface area (Å²) in [6.45, 7) is 3.43. The highest BCUT2D eigenvalue weighted by Crippen LogP contribution is 2.28. The van der Waals surface area contributed by atoms with Crippen molar-refractivity contribution in [3.63, 3.8) is 0 Å². The van der Waals surface area contributed by atoms with Crippen LogP contribution in [0.2, 0.25) is 0 Å². The molecule has 1 aromatic carbocycles. The molecule has 0 saturated carbocycles. The summed E-state index contributed by atoms with van der Waals surface area (Å²) in [6.07, 6.45) is 7.82. The van der Waals surface area contributed by atoms with Gasteiger partial charge in [-0.2, -0.15) is 0 Å². The molecule has 0 aromatic heterocycles. The van der Waals surface area contributed by atoms with Gasteiger partial charge in [-0.25, -0.2) is 0 Å². The van der Waals surface area contributed by atoms with Gasteiger partial charge >= 0.3 is 0 Å². The molecule has 1 heterocycles. The van der Waals surface area contributed by atoms with Crippen LogP contribution in [0.15, 0.2) is 24.3 Å². The minimum Gasteiger partial charge on any atom is -0.330 e. The highest BCUT2D eigenvalue weighted by Gasteiger charge is 2.28. The Morgan fingerprint density at radius 2 is 2.00 bits per heavy atom. The molecule has 19 heavy (non-hydrogen) atoms. The first-order valence-corrected chi connectivity index (χ1v) is 7.87. The number of hydrogen-bond acceptors (Lipinski definition) is 2. The van der Waals surface area contributed by atoms with Gasteiger partial charge in [0.25, 0.3) is 0 Å². The van der Waals surface area contributed by atoms with Crippen molar-refractivity contribution in [1.29, 1.82) is 0 Å². The Kier molecular flexibility index (Phi) is 4.19. The quantitative estimate of drug-likeness (QED) is 0.903. The van der Waals surface area contributed by atoms with Crippen molar-refractivity contribution in [3.8, 4) is 0 Å². The fourth-order valence-electron chi connectivity index (χ4n) is 3.89. The Hall–Kier alpha value is -0.860. The van der Waals surface area contributed by atoms with Crippen molar-refractivity contribution in [2.24, 2.45) is 11.7 Å². The topological polar surface area (TPSA) is 29.3 Å². The van der Waals surface area contributed by atoms with Gasteiger partial charge in [0.05, 0.1) is 0 Å². The van der Waals surface area contributed by atoms with E-state index in [1.165, 1.54) is 51.6 Å². The van der Waals surface area contributed by atoms with Gasteiger partial charge in [-0.15, -0.1) is 0 Å². The van der Waals surface area contributed by atoms with E-state index in [9.17, 15) is 0 Å². The van der Waals surface area contributed by atoms with E-state index in [-0.39, 0.29) is 0 Å². The first-order valence-electron chi connectivity index (χ1n) is 7.87. The lowest BCUT2D eigenvalue weighted by molar-refractivity contribution is 0.110. The number of nitrogens with zero attached hydrogens (tertiary/aromatic N) is 1. The van der Waals surface area contributed by atoms with Crippen molar-refractivity contribution in [2.45, 2.75) is 44.6 Å². The molecule has 0 spiro atoms. The third-order valence-corrected chi connectivity index (χ3v) is 4.96. The molecule has 1 aliphatic heterocycles. The predicted molar refractivity (Wildman–Crippen MR) is 80.2 cm³/mol. The van der Waals surface area contributed by atoms with Crippen molar-refractivity contribution in [2.75, 3.05) is 19.6 Å². The molecule has 104 valence electrons. The molecular weight excluding hydrogens is 232 g/mol. The second kappa shape index (κ2) is 6.06. The van der Waals surface area contributed by atoms with Gasteiger partial charge in [-0.3, -0.25) is 4.90 Å². The molecule has 1 saturated heterocycles. The highest BCUT2D eigenvalue weighted by molar-refractivity contribution is 5.30. The summed E-state index contributed by atoms with van der Waals surface area (Å²) in [5.74, 6) is 0.843. The molecule has 2 N–H and O–H groups in total. The number of rotatable bonds is 3. The molecule has 3 rings (SSSR count). The van der Waals surface area contributed by atoms with E-state index in [0.717, 1.165) is 18.5 Å². The second-order valence-electron chi connectivity index (χ2n) is 6.25. The van der Waals surface area contributed by atoms with E-state index in [4.69, 9.17) is 5.73 Å². The van der Waals surface area contributed by atoms with Crippen molar-refractivity contribution >= 4 is 0 Å². The van der Waals surface area contributed by atoms with Crippen LogP contribution >= 0.6 is 0 Å². The first kappa shape index (κ1) is 13.1. The van der Waals surface area contributed by atoms with E-state index in [0.29, 0.717) is 0 Å². The maximum atomic E-state index is 5.73. The molecule has 0 bridgehead atoms. The Labute approximate surface area is 117 Å². The largest absolute Gasteiger partial charge is 0.330 e. The zero-order valence-electron chi connectivity index (χ0n) is 11.9. The summed E-state index contributed by atoms with van der Waals surface area (Å²) in [7, 11) is 0. The average Bonchev–Trinajstić information content (AvgIpc) is 2.47. The van der Waals surface area contributed by atoms with Crippen LogP contribution in [0.5, 0.6) is 0 Å². The molecule has 2 aliphatic rings. The Morgan fingerprint density at radius 1 is 1.16 bits per heavy atom. The third-order valence-electron chi connectivity index (χ3n) is 4.96. The zero-order chi connectivity index (χ0) is 13.1. The standard InChI is InChI=1S/C17H26N2/c18-10-9-14-4-3-11-19(13-14)17-8-7-15-5-1-2-6-16(15)12-17/h1-2,5-6,14,17H,3-4,7-13,18H2. The van der Waals surface area contributed by atoms with Crippen LogP contribution in [-0.4, -0.2) is 30.6 Å². The normalized spacial score (nSPS) is 28.1. The van der Waals surface area contributed by atoms with E-state index in [1.807, 2.05) is 0 Å². The molecule has 0 radical (unpaired) electrons. The highest BCUT2D eigenvalue weighted by atomic mass is 15.2. The molecule has 2 nitrogen and oxygen atoms in total. The maximum Gasteiger partial charge on any atom is 0.0139 e. The maximum absolute atomic E-state index is 5.73. The fraction of sp³-hybridized carbons (Fsp3) is 0.647. The Morgan fingerprint density at radius 3 is 2.84 bits per heavy atom. The lowest BCUT2D eigenvalue weighted by Crippen LogP contribution is -2.45. The molecule has 1 aromatic rings. The average molecular weight is 258 g/mol. The Balaban J connectivity index is 1.64. The van der Waals surface area contributed by atoms with Crippen molar-refractivity contribution in [3.05, 3.63) is 35.4 Å². The van der Waals surface area contributed by atoms with E-state index in [1.54, 1.807) is 11.1 Å². The lowest BCUT2D eigenvalue weighted by Gasteiger charge is -2.40. The number of piperidine rings is 1. The molecule has 0 amide bonds. The molecule has 2 atom stereocenters. The zero-order valence-corrected chi connectivity index (χ0v) is 11.9. The van der Waals surface area contributed by atoms with Crippen LogP contribution in [0.3, 0.4) is 0 Å². The van der Waals surface area contributed by atoms with Crippen LogP contribution in [0.1, 0.15) is 36.8 Å². The summed E-state index contributed by atoms with van der Waals surface area (Å²) in [4.78, 5) is 2.75. The van der Waals surface area contributed by atoms with Gasteiger partial charge in [0.15, 0.2) is 0 Å². The van der Waals surface area contributed by atoms with E-state index < -0.39 is 0 Å². The lowest BCUT2D eigenvalue weighted by atomic mass is 9.85. The number of likely N-dealkylation sites (tertiary alicyclic amines) is 1. The van der Waals surface area contributed by atoms with E-state index >= 15 is 0 Å². The summed E-state index contributed by atoms with van der Waals surface area (Å²) in [5, 5.41) is 0. The third kappa shape index (κ3) is 3.01. The van der Waals surface area contributed by atoms with Gasteiger partial charge in [0.2, 0.25) is 0 Å². The summed E-state index contributed by atoms with van der Waals surface area (Å²) in [6, 6.07) is 9.77. The monoisotopic (exact) mass is 258 g/mol. The molecule has 1 fully saturated rings. The number of hydrogen-bond donors (Lipinski definition) is 1. The van der Waals surface area contributed by atoms with E-state index in [2.05, 4.69) is 29.2 Å². The van der Waals surface area contributed by atoms with Gasteiger partial charge in [-0.1, -0.05) is 24.3 Å². The summed E-state index contributed by atoms with van der Waals surface area (Å²) >= 11 is 0. The number of aryl methyl sites for hydroxylation is 1. The SMILES string of the molecule is NCCC1CCCN(C2CCc3ccccc3C2)C1. The van der Waals surface area contributed by atoms with Crippen LogP contribution in [-0.2, 0) is 12.8 Å². The summed E-state index contributed by atoms with van der Waals surface area (Å²) < 4.78 is 0. The van der Waals surface area contributed by atoms with Gasteiger partial charge in [0, 0.05) is 12.6 Å². The minimum absolute atomic E-state index is 0.774. The van der Waals surface area contributed by atoms with Gasteiger partial charge in [-0.05, 0) is 68.7 Å². The number of fused-ring (bicyclic) bond motifs is 1. The van der Waals surface area contributed by atoms with Gasteiger partial charge < -0.3 is 5.73 Å². The minimum atomic E-state index is 0.774. The molecule has 2 heteroatoms. The second-order valence-corrected chi connectivity index (χ2v) is 6.25.